The lowest BCUT2D eigenvalue weighted by Gasteiger charge is -2.11. The van der Waals surface area contributed by atoms with Gasteiger partial charge in [0.15, 0.2) is 16.6 Å². The lowest BCUT2D eigenvalue weighted by Crippen LogP contribution is -2.07. The van der Waals surface area contributed by atoms with E-state index in [0.29, 0.717) is 29.8 Å². The molecule has 146 valence electrons. The number of ether oxygens (including phenoxy) is 3. The van der Waals surface area contributed by atoms with Gasteiger partial charge in [-0.25, -0.2) is 4.98 Å². The normalized spacial score (nSPS) is 11.0. The highest BCUT2D eigenvalue weighted by Gasteiger charge is 2.08. The maximum atomic E-state index is 12.3. The van der Waals surface area contributed by atoms with Gasteiger partial charge < -0.3 is 14.2 Å². The minimum Gasteiger partial charge on any atom is -0.497 e. The van der Waals surface area contributed by atoms with E-state index in [1.165, 1.54) is 17.4 Å². The highest BCUT2D eigenvalue weighted by Crippen LogP contribution is 2.30. The topological polar surface area (TPSA) is 69.7 Å². The van der Waals surface area contributed by atoms with E-state index in [1.807, 2.05) is 50.2 Å². The van der Waals surface area contributed by atoms with Crippen LogP contribution in [0.15, 0.2) is 42.5 Å². The number of hydrogen-bond acceptors (Lipinski definition) is 6. The maximum Gasteiger partial charge on any atom is 0.250 e. The number of nitrogens with zero attached hydrogens (tertiary/aromatic N) is 1. The highest BCUT2D eigenvalue weighted by atomic mass is 32.1. The molecule has 28 heavy (non-hydrogen) atoms. The molecular formula is C21H22N2O4S. The first kappa shape index (κ1) is 19.7. The van der Waals surface area contributed by atoms with E-state index in [2.05, 4.69) is 10.3 Å². The molecule has 0 aliphatic heterocycles. The average Bonchev–Trinajstić information content (AvgIpc) is 3.09. The average molecular weight is 398 g/mol. The third kappa shape index (κ3) is 4.80. The van der Waals surface area contributed by atoms with Crippen LogP contribution in [0.3, 0.4) is 0 Å². The van der Waals surface area contributed by atoms with Crippen LogP contribution in [0.4, 0.5) is 5.13 Å². The summed E-state index contributed by atoms with van der Waals surface area (Å²) >= 11 is 1.40. The van der Waals surface area contributed by atoms with Crippen molar-refractivity contribution in [2.45, 2.75) is 13.8 Å². The number of thiazole rings is 1. The minimum absolute atomic E-state index is 0.252. The van der Waals surface area contributed by atoms with Crippen molar-refractivity contribution in [3.63, 3.8) is 0 Å². The molecule has 3 rings (SSSR count). The molecule has 1 amide bonds. The number of anilines is 1. The fourth-order valence-corrected chi connectivity index (χ4v) is 3.47. The molecule has 1 N–H and O–H groups in total. The van der Waals surface area contributed by atoms with Crippen molar-refractivity contribution in [3.8, 4) is 17.2 Å². The van der Waals surface area contributed by atoms with Crippen LogP contribution in [-0.4, -0.2) is 31.2 Å². The second kappa shape index (κ2) is 9.23. The Labute approximate surface area is 167 Å². The van der Waals surface area contributed by atoms with Crippen molar-refractivity contribution in [2.24, 2.45) is 0 Å². The van der Waals surface area contributed by atoms with Gasteiger partial charge in [0.05, 0.1) is 30.5 Å². The Hall–Kier alpha value is -3.06. The predicted octanol–water partition coefficient (Wildman–Crippen LogP) is 4.75. The van der Waals surface area contributed by atoms with Gasteiger partial charge in [-0.05, 0) is 55.8 Å². The van der Waals surface area contributed by atoms with E-state index in [1.54, 1.807) is 13.2 Å². The number of hydrogen-bond donors (Lipinski definition) is 1. The molecule has 1 aromatic heterocycles. The van der Waals surface area contributed by atoms with Crippen LogP contribution in [0.1, 0.15) is 19.4 Å². The second-order valence-corrected chi connectivity index (χ2v) is 6.78. The van der Waals surface area contributed by atoms with Crippen molar-refractivity contribution < 1.29 is 19.0 Å². The molecule has 0 spiro atoms. The van der Waals surface area contributed by atoms with Gasteiger partial charge in [0.1, 0.15) is 5.75 Å². The van der Waals surface area contributed by atoms with Crippen LogP contribution in [0.2, 0.25) is 0 Å². The number of benzene rings is 2. The summed E-state index contributed by atoms with van der Waals surface area (Å²) in [5.74, 6) is 1.86. The largest absolute Gasteiger partial charge is 0.497 e. The van der Waals surface area contributed by atoms with Crippen molar-refractivity contribution in [1.29, 1.82) is 0 Å². The first-order valence-corrected chi connectivity index (χ1v) is 9.78. The summed E-state index contributed by atoms with van der Waals surface area (Å²) in [6.07, 6.45) is 3.20. The third-order valence-electron chi connectivity index (χ3n) is 3.82. The molecule has 7 heteroatoms. The Morgan fingerprint density at radius 2 is 1.89 bits per heavy atom. The minimum atomic E-state index is -0.252. The Kier molecular flexibility index (Phi) is 6.49. The summed E-state index contributed by atoms with van der Waals surface area (Å²) < 4.78 is 17.3. The molecule has 0 unspecified atom stereocenters. The Morgan fingerprint density at radius 1 is 1.11 bits per heavy atom. The quantitative estimate of drug-likeness (QED) is 0.554. The third-order valence-corrected chi connectivity index (χ3v) is 4.75. The van der Waals surface area contributed by atoms with Crippen molar-refractivity contribution in [3.05, 3.63) is 48.0 Å². The molecule has 0 atom stereocenters. The molecule has 6 nitrogen and oxygen atoms in total. The van der Waals surface area contributed by atoms with Gasteiger partial charge in [-0.15, -0.1) is 0 Å². The molecule has 0 aliphatic rings. The number of methoxy groups -OCH3 is 1. The molecule has 3 aromatic rings. The number of amides is 1. The molecule has 0 saturated heterocycles. The van der Waals surface area contributed by atoms with Gasteiger partial charge in [-0.3, -0.25) is 10.1 Å². The van der Waals surface area contributed by atoms with Crippen molar-refractivity contribution in [2.75, 3.05) is 25.6 Å². The number of aromatic nitrogens is 1. The zero-order valence-electron chi connectivity index (χ0n) is 16.0. The summed E-state index contributed by atoms with van der Waals surface area (Å²) in [6, 6.07) is 11.2. The molecule has 0 bridgehead atoms. The zero-order valence-corrected chi connectivity index (χ0v) is 16.8. The number of rotatable bonds is 8. The van der Waals surface area contributed by atoms with E-state index in [4.69, 9.17) is 14.2 Å². The smallest absolute Gasteiger partial charge is 0.250 e. The monoisotopic (exact) mass is 398 g/mol. The lowest BCUT2D eigenvalue weighted by molar-refractivity contribution is -0.111. The molecule has 1 heterocycles. The van der Waals surface area contributed by atoms with Gasteiger partial charge in [-0.2, -0.15) is 0 Å². The number of carbonyl (C=O) groups is 1. The zero-order chi connectivity index (χ0) is 19.9. The summed E-state index contributed by atoms with van der Waals surface area (Å²) in [5, 5.41) is 3.34. The molecule has 0 fully saturated rings. The van der Waals surface area contributed by atoms with E-state index < -0.39 is 0 Å². The molecule has 0 saturated carbocycles. The van der Waals surface area contributed by atoms with Crippen molar-refractivity contribution in [1.82, 2.24) is 4.98 Å². The fourth-order valence-electron chi connectivity index (χ4n) is 2.58. The first-order chi connectivity index (χ1) is 13.6. The van der Waals surface area contributed by atoms with Crippen LogP contribution in [0, 0.1) is 0 Å². The molecule has 0 radical (unpaired) electrons. The van der Waals surface area contributed by atoms with Gasteiger partial charge >= 0.3 is 0 Å². The van der Waals surface area contributed by atoms with Crippen LogP contribution >= 0.6 is 11.3 Å². The fraction of sp³-hybridized carbons (Fsp3) is 0.238. The maximum absolute atomic E-state index is 12.3. The van der Waals surface area contributed by atoms with Crippen LogP contribution in [0.25, 0.3) is 16.3 Å². The Morgan fingerprint density at radius 3 is 2.64 bits per heavy atom. The summed E-state index contributed by atoms with van der Waals surface area (Å²) in [4.78, 5) is 16.7. The molecule has 2 aromatic carbocycles. The highest BCUT2D eigenvalue weighted by molar-refractivity contribution is 7.22. The van der Waals surface area contributed by atoms with Gasteiger partial charge in [0.2, 0.25) is 5.91 Å². The van der Waals surface area contributed by atoms with E-state index in [0.717, 1.165) is 21.5 Å². The number of fused-ring (bicyclic) bond motifs is 1. The second-order valence-electron chi connectivity index (χ2n) is 5.75. The summed E-state index contributed by atoms with van der Waals surface area (Å²) in [6.45, 7) is 4.94. The Balaban J connectivity index is 1.70. The number of carbonyl (C=O) groups excluding carboxylic acids is 1. The summed E-state index contributed by atoms with van der Waals surface area (Å²) in [7, 11) is 1.62. The van der Waals surface area contributed by atoms with Gasteiger partial charge in [0.25, 0.3) is 0 Å². The van der Waals surface area contributed by atoms with Crippen molar-refractivity contribution >= 4 is 38.7 Å². The van der Waals surface area contributed by atoms with Gasteiger partial charge in [0, 0.05) is 6.08 Å². The summed E-state index contributed by atoms with van der Waals surface area (Å²) in [5.41, 5.74) is 1.66. The number of nitrogens with one attached hydrogen (secondary N) is 1. The van der Waals surface area contributed by atoms with Crippen LogP contribution in [-0.2, 0) is 4.79 Å². The van der Waals surface area contributed by atoms with Crippen LogP contribution < -0.4 is 19.5 Å². The van der Waals surface area contributed by atoms with Gasteiger partial charge in [-0.1, -0.05) is 17.4 Å². The molecule has 0 aliphatic carbocycles. The Bertz CT molecular complexity index is 997. The van der Waals surface area contributed by atoms with E-state index >= 15 is 0 Å². The SMILES string of the molecule is CCOc1ccc(/C=C/C(=O)Nc2nc3ccc(OC)cc3s2)cc1OCC. The van der Waals surface area contributed by atoms with E-state index in [9.17, 15) is 4.79 Å². The van der Waals surface area contributed by atoms with E-state index in [-0.39, 0.29) is 5.91 Å². The standard InChI is InChI=1S/C21H22N2O4S/c1-4-26-17-10-6-14(12-18(17)27-5-2)7-11-20(24)23-21-22-16-9-8-15(25-3)13-19(16)28-21/h6-13H,4-5H2,1-3H3,(H,22,23,24)/b11-7+. The lowest BCUT2D eigenvalue weighted by atomic mass is 10.2. The van der Waals surface area contributed by atoms with Crippen LogP contribution in [0.5, 0.6) is 17.2 Å². The molecular weight excluding hydrogens is 376 g/mol. The predicted molar refractivity (Wildman–Crippen MR) is 113 cm³/mol. The first-order valence-electron chi connectivity index (χ1n) is 8.96.